The van der Waals surface area contributed by atoms with Gasteiger partial charge in [-0.3, -0.25) is 10.1 Å². The maximum absolute atomic E-state index is 11.8. The molecule has 0 bridgehead atoms. The van der Waals surface area contributed by atoms with Gasteiger partial charge in [-0.25, -0.2) is 10.2 Å². The third-order valence-electron chi connectivity index (χ3n) is 3.79. The topological polar surface area (TPSA) is 106 Å². The van der Waals surface area contributed by atoms with Crippen molar-refractivity contribution in [1.82, 2.24) is 5.43 Å². The van der Waals surface area contributed by atoms with Crippen molar-refractivity contribution in [1.29, 1.82) is 0 Å². The number of non-ortho nitro benzene ring substituents is 1. The molecule has 0 aromatic heterocycles. The average molecular weight is 364 g/mol. The Morgan fingerprint density at radius 3 is 2.48 bits per heavy atom. The van der Waals surface area contributed by atoms with Crippen molar-refractivity contribution >= 4 is 34.4 Å². The van der Waals surface area contributed by atoms with Gasteiger partial charge in [0, 0.05) is 17.8 Å². The second-order valence-corrected chi connectivity index (χ2v) is 5.60. The first-order chi connectivity index (χ1) is 13.0. The fourth-order valence-corrected chi connectivity index (χ4v) is 2.44. The quantitative estimate of drug-likeness (QED) is 0.407. The van der Waals surface area contributed by atoms with Gasteiger partial charge >= 0.3 is 6.03 Å². The number of carbonyl (C=O) groups is 1. The minimum Gasteiger partial charge on any atom is -0.497 e. The lowest BCUT2D eigenvalue weighted by Crippen LogP contribution is -2.24. The summed E-state index contributed by atoms with van der Waals surface area (Å²) in [7, 11) is 1.62. The molecule has 0 heterocycles. The standard InChI is InChI=1S/C19H16N4O4/c1-27-18-9-4-14-10-13(2-3-15(14)11-18)12-20-22-19(24)21-16-5-7-17(8-6-16)23(25)26/h2-12H,1H3,(H2,21,22,24)/b20-12-. The molecule has 3 rings (SSSR count). The van der Waals surface area contributed by atoms with Gasteiger partial charge in [0.05, 0.1) is 18.2 Å². The molecular formula is C19H16N4O4. The maximum atomic E-state index is 11.8. The van der Waals surface area contributed by atoms with Crippen molar-refractivity contribution in [3.8, 4) is 5.75 Å². The number of ether oxygens (including phenoxy) is 1. The van der Waals surface area contributed by atoms with Crippen LogP contribution in [0.2, 0.25) is 0 Å². The molecule has 2 N–H and O–H groups in total. The van der Waals surface area contributed by atoms with Crippen LogP contribution in [0.25, 0.3) is 10.8 Å². The summed E-state index contributed by atoms with van der Waals surface area (Å²) in [4.78, 5) is 21.9. The van der Waals surface area contributed by atoms with Crippen LogP contribution in [0.4, 0.5) is 16.2 Å². The smallest absolute Gasteiger partial charge is 0.339 e. The van der Waals surface area contributed by atoms with Crippen LogP contribution in [-0.2, 0) is 0 Å². The highest BCUT2D eigenvalue weighted by Crippen LogP contribution is 2.21. The number of benzene rings is 3. The number of rotatable bonds is 5. The van der Waals surface area contributed by atoms with Gasteiger partial charge in [0.2, 0.25) is 0 Å². The molecule has 3 aromatic rings. The van der Waals surface area contributed by atoms with E-state index in [0.717, 1.165) is 22.1 Å². The zero-order valence-corrected chi connectivity index (χ0v) is 14.4. The zero-order chi connectivity index (χ0) is 19.2. The molecule has 0 fully saturated rings. The van der Waals surface area contributed by atoms with Crippen LogP contribution in [0.15, 0.2) is 65.8 Å². The molecule has 136 valence electrons. The van der Waals surface area contributed by atoms with Gasteiger partial charge in [-0.1, -0.05) is 18.2 Å². The third-order valence-corrected chi connectivity index (χ3v) is 3.79. The van der Waals surface area contributed by atoms with E-state index in [9.17, 15) is 14.9 Å². The Bertz CT molecular complexity index is 1020. The number of nitrogens with one attached hydrogen (secondary N) is 2. The van der Waals surface area contributed by atoms with Crippen LogP contribution in [0.1, 0.15) is 5.56 Å². The Morgan fingerprint density at radius 1 is 1.07 bits per heavy atom. The SMILES string of the molecule is COc1ccc2cc(/C=N\NC(=O)Nc3ccc([N+](=O)[O-])cc3)ccc2c1. The summed E-state index contributed by atoms with van der Waals surface area (Å²) in [6.45, 7) is 0. The number of methoxy groups -OCH3 is 1. The van der Waals surface area contributed by atoms with Crippen molar-refractivity contribution in [3.05, 3.63) is 76.3 Å². The average Bonchev–Trinajstić information content (AvgIpc) is 2.68. The number of nitro groups is 1. The first-order valence-corrected chi connectivity index (χ1v) is 7.97. The fourth-order valence-electron chi connectivity index (χ4n) is 2.44. The first-order valence-electron chi connectivity index (χ1n) is 7.97. The normalized spacial score (nSPS) is 10.7. The fraction of sp³-hybridized carbons (Fsp3) is 0.0526. The van der Waals surface area contributed by atoms with Crippen molar-refractivity contribution < 1.29 is 14.5 Å². The Hall–Kier alpha value is -3.94. The van der Waals surface area contributed by atoms with E-state index in [1.807, 2.05) is 36.4 Å². The van der Waals surface area contributed by atoms with Crippen molar-refractivity contribution in [2.75, 3.05) is 12.4 Å². The maximum Gasteiger partial charge on any atom is 0.339 e. The van der Waals surface area contributed by atoms with E-state index in [-0.39, 0.29) is 5.69 Å². The number of hydrazone groups is 1. The van der Waals surface area contributed by atoms with Crippen LogP contribution in [0, 0.1) is 10.1 Å². The Labute approximate surface area is 154 Å². The minimum atomic E-state index is -0.550. The van der Waals surface area contributed by atoms with Crippen LogP contribution >= 0.6 is 0 Å². The van der Waals surface area contributed by atoms with Gasteiger partial charge in [-0.05, 0) is 46.7 Å². The van der Waals surface area contributed by atoms with Crippen molar-refractivity contribution in [2.24, 2.45) is 5.10 Å². The number of nitrogens with zero attached hydrogens (tertiary/aromatic N) is 2. The first kappa shape index (κ1) is 17.9. The van der Waals surface area contributed by atoms with Gasteiger partial charge in [0.15, 0.2) is 0 Å². The summed E-state index contributed by atoms with van der Waals surface area (Å²) in [5.41, 5.74) is 3.55. The molecular weight excluding hydrogens is 348 g/mol. The van der Waals surface area contributed by atoms with E-state index in [1.54, 1.807) is 7.11 Å². The van der Waals surface area contributed by atoms with E-state index < -0.39 is 11.0 Å². The highest BCUT2D eigenvalue weighted by atomic mass is 16.6. The molecule has 0 saturated heterocycles. The second-order valence-electron chi connectivity index (χ2n) is 5.60. The number of hydrogen-bond acceptors (Lipinski definition) is 5. The third kappa shape index (κ3) is 4.57. The molecule has 0 aliphatic carbocycles. The molecule has 8 heteroatoms. The largest absolute Gasteiger partial charge is 0.497 e. The van der Waals surface area contributed by atoms with Crippen LogP contribution < -0.4 is 15.5 Å². The number of amides is 2. The highest BCUT2D eigenvalue weighted by Gasteiger charge is 2.05. The van der Waals surface area contributed by atoms with Gasteiger partial charge in [0.1, 0.15) is 5.75 Å². The zero-order valence-electron chi connectivity index (χ0n) is 14.4. The van der Waals surface area contributed by atoms with Crippen LogP contribution in [-0.4, -0.2) is 24.3 Å². The van der Waals surface area contributed by atoms with Crippen molar-refractivity contribution in [2.45, 2.75) is 0 Å². The summed E-state index contributed by atoms with van der Waals surface area (Å²) < 4.78 is 5.20. The van der Waals surface area contributed by atoms with Gasteiger partial charge in [0.25, 0.3) is 5.69 Å². The number of anilines is 1. The predicted octanol–water partition coefficient (Wildman–Crippen LogP) is 3.91. The lowest BCUT2D eigenvalue weighted by atomic mass is 10.1. The van der Waals surface area contributed by atoms with Crippen LogP contribution in [0.3, 0.4) is 0 Å². The minimum absolute atomic E-state index is 0.0482. The Kier molecular flexibility index (Phi) is 5.27. The molecule has 0 atom stereocenters. The molecule has 0 saturated carbocycles. The van der Waals surface area contributed by atoms with Gasteiger partial charge in [-0.15, -0.1) is 0 Å². The lowest BCUT2D eigenvalue weighted by Gasteiger charge is -2.04. The Balaban J connectivity index is 1.60. The van der Waals surface area contributed by atoms with E-state index in [0.29, 0.717) is 5.69 Å². The summed E-state index contributed by atoms with van der Waals surface area (Å²) in [5.74, 6) is 0.786. The monoisotopic (exact) mass is 364 g/mol. The number of fused-ring (bicyclic) bond motifs is 1. The second kappa shape index (κ2) is 7.96. The van der Waals surface area contributed by atoms with Gasteiger partial charge < -0.3 is 10.1 Å². The van der Waals surface area contributed by atoms with Gasteiger partial charge in [-0.2, -0.15) is 5.10 Å². The number of hydrogen-bond donors (Lipinski definition) is 2. The predicted molar refractivity (Wildman–Crippen MR) is 103 cm³/mol. The van der Waals surface area contributed by atoms with E-state index in [4.69, 9.17) is 4.74 Å². The molecule has 0 aliphatic rings. The van der Waals surface area contributed by atoms with Crippen LogP contribution in [0.5, 0.6) is 5.75 Å². The number of urea groups is 1. The lowest BCUT2D eigenvalue weighted by molar-refractivity contribution is -0.384. The summed E-state index contributed by atoms with van der Waals surface area (Å²) >= 11 is 0. The molecule has 0 radical (unpaired) electrons. The summed E-state index contributed by atoms with van der Waals surface area (Å²) in [6, 6.07) is 16.5. The molecule has 0 aliphatic heterocycles. The molecule has 8 nitrogen and oxygen atoms in total. The summed E-state index contributed by atoms with van der Waals surface area (Å²) in [5, 5.41) is 19.1. The molecule has 0 spiro atoms. The molecule has 0 unspecified atom stereocenters. The van der Waals surface area contributed by atoms with E-state index in [1.165, 1.54) is 30.5 Å². The number of nitro benzene ring substituents is 1. The van der Waals surface area contributed by atoms with E-state index in [2.05, 4.69) is 15.8 Å². The highest BCUT2D eigenvalue weighted by molar-refractivity contribution is 5.93. The Morgan fingerprint density at radius 2 is 1.78 bits per heavy atom. The molecule has 27 heavy (non-hydrogen) atoms. The summed E-state index contributed by atoms with van der Waals surface area (Å²) in [6.07, 6.45) is 1.53. The number of carbonyl (C=O) groups excluding carboxylic acids is 1. The molecule has 3 aromatic carbocycles. The van der Waals surface area contributed by atoms with E-state index >= 15 is 0 Å². The molecule has 2 amide bonds. The van der Waals surface area contributed by atoms with Crippen molar-refractivity contribution in [3.63, 3.8) is 0 Å².